The molecule has 0 aliphatic carbocycles. The van der Waals surface area contributed by atoms with Crippen molar-refractivity contribution in [1.29, 1.82) is 0 Å². The molecule has 6 heteroatoms. The van der Waals surface area contributed by atoms with Gasteiger partial charge in [-0.25, -0.2) is 9.97 Å². The van der Waals surface area contributed by atoms with Crippen LogP contribution in [-0.2, 0) is 0 Å². The number of rotatable bonds is 3. The van der Waals surface area contributed by atoms with Gasteiger partial charge in [-0.2, -0.15) is 0 Å². The van der Waals surface area contributed by atoms with E-state index in [1.54, 1.807) is 7.11 Å². The molecule has 1 fully saturated rings. The molecule has 1 N–H and O–H groups in total. The van der Waals surface area contributed by atoms with Crippen molar-refractivity contribution in [3.63, 3.8) is 0 Å². The topological polar surface area (TPSA) is 56.3 Å². The van der Waals surface area contributed by atoms with Crippen LogP contribution < -0.4 is 14.8 Å². The molecule has 108 valence electrons. The van der Waals surface area contributed by atoms with Gasteiger partial charge in [-0.15, -0.1) is 12.4 Å². The fourth-order valence-corrected chi connectivity index (χ4v) is 2.26. The van der Waals surface area contributed by atoms with Crippen molar-refractivity contribution in [3.8, 4) is 11.8 Å². The zero-order valence-electron chi connectivity index (χ0n) is 11.3. The fourth-order valence-electron chi connectivity index (χ4n) is 2.26. The average molecular weight is 296 g/mol. The number of piperidine rings is 1. The van der Waals surface area contributed by atoms with Gasteiger partial charge in [-0.1, -0.05) is 12.1 Å². The van der Waals surface area contributed by atoms with Crippen LogP contribution in [0.5, 0.6) is 11.8 Å². The second-order valence-corrected chi connectivity index (χ2v) is 4.61. The molecule has 0 radical (unpaired) electrons. The first kappa shape index (κ1) is 14.8. The number of nitrogens with one attached hydrogen (secondary N) is 1. The third-order valence-corrected chi connectivity index (χ3v) is 3.23. The molecule has 1 aromatic carbocycles. The highest BCUT2D eigenvalue weighted by molar-refractivity contribution is 5.85. The third kappa shape index (κ3) is 3.11. The summed E-state index contributed by atoms with van der Waals surface area (Å²) in [5.41, 5.74) is 1.63. The average Bonchev–Trinajstić information content (AvgIpc) is 2.47. The Balaban J connectivity index is 0.00000147. The molecular weight excluding hydrogens is 278 g/mol. The number of methoxy groups -OCH3 is 1. The number of halogens is 1. The summed E-state index contributed by atoms with van der Waals surface area (Å²) < 4.78 is 11.2. The van der Waals surface area contributed by atoms with Crippen LogP contribution in [0.25, 0.3) is 11.0 Å². The van der Waals surface area contributed by atoms with Crippen molar-refractivity contribution in [1.82, 2.24) is 15.3 Å². The molecule has 3 rings (SSSR count). The first-order valence-corrected chi connectivity index (χ1v) is 6.55. The smallest absolute Gasteiger partial charge is 0.279 e. The molecule has 5 nitrogen and oxygen atoms in total. The van der Waals surface area contributed by atoms with Crippen LogP contribution in [0.4, 0.5) is 0 Å². The standard InChI is InChI=1S/C14H17N3O2.ClH/c1-18-13-14(19-10-5-4-8-15-9-10)17-12-7-3-2-6-11(12)16-13;/h2-3,6-7,10,15H,4-5,8-9H2,1H3;1H. The van der Waals surface area contributed by atoms with Gasteiger partial charge in [0.15, 0.2) is 0 Å². The highest BCUT2D eigenvalue weighted by Crippen LogP contribution is 2.26. The van der Waals surface area contributed by atoms with Gasteiger partial charge >= 0.3 is 0 Å². The minimum absolute atomic E-state index is 0. The van der Waals surface area contributed by atoms with E-state index in [2.05, 4.69) is 15.3 Å². The van der Waals surface area contributed by atoms with Crippen LogP contribution in [0.3, 0.4) is 0 Å². The van der Waals surface area contributed by atoms with Crippen LogP contribution >= 0.6 is 12.4 Å². The number of hydrogen-bond acceptors (Lipinski definition) is 5. The molecule has 2 heterocycles. The molecule has 2 aromatic rings. The zero-order chi connectivity index (χ0) is 13.1. The number of hydrogen-bond donors (Lipinski definition) is 1. The van der Waals surface area contributed by atoms with Crippen molar-refractivity contribution in [3.05, 3.63) is 24.3 Å². The molecule has 1 aliphatic heterocycles. The summed E-state index contributed by atoms with van der Waals surface area (Å²) in [6.45, 7) is 1.90. The summed E-state index contributed by atoms with van der Waals surface area (Å²) in [4.78, 5) is 8.93. The summed E-state index contributed by atoms with van der Waals surface area (Å²) in [7, 11) is 1.59. The fraction of sp³-hybridized carbons (Fsp3) is 0.429. The van der Waals surface area contributed by atoms with E-state index in [1.807, 2.05) is 24.3 Å². The Morgan fingerprint density at radius 1 is 1.15 bits per heavy atom. The van der Waals surface area contributed by atoms with E-state index in [0.29, 0.717) is 11.8 Å². The van der Waals surface area contributed by atoms with Crippen LogP contribution in [-0.4, -0.2) is 36.3 Å². The third-order valence-electron chi connectivity index (χ3n) is 3.23. The molecule has 0 bridgehead atoms. The van der Waals surface area contributed by atoms with Crippen LogP contribution in [0.2, 0.25) is 0 Å². The molecule has 1 atom stereocenters. The van der Waals surface area contributed by atoms with Crippen molar-refractivity contribution in [2.75, 3.05) is 20.2 Å². The Morgan fingerprint density at radius 3 is 2.45 bits per heavy atom. The van der Waals surface area contributed by atoms with Crippen molar-refractivity contribution in [2.45, 2.75) is 18.9 Å². The maximum absolute atomic E-state index is 5.92. The van der Waals surface area contributed by atoms with E-state index in [-0.39, 0.29) is 18.5 Å². The Labute approximate surface area is 124 Å². The van der Waals surface area contributed by atoms with Gasteiger partial charge in [-0.05, 0) is 31.5 Å². The molecule has 1 aromatic heterocycles. The molecule has 1 unspecified atom stereocenters. The minimum Gasteiger partial charge on any atom is -0.477 e. The second kappa shape index (κ2) is 6.72. The van der Waals surface area contributed by atoms with Gasteiger partial charge in [-0.3, -0.25) is 0 Å². The van der Waals surface area contributed by atoms with Crippen molar-refractivity contribution in [2.24, 2.45) is 0 Å². The highest BCUT2D eigenvalue weighted by Gasteiger charge is 2.18. The summed E-state index contributed by atoms with van der Waals surface area (Å²) in [6.07, 6.45) is 2.29. The largest absolute Gasteiger partial charge is 0.477 e. The summed E-state index contributed by atoms with van der Waals surface area (Å²) in [5, 5.41) is 3.32. The van der Waals surface area contributed by atoms with E-state index in [9.17, 15) is 0 Å². The zero-order valence-corrected chi connectivity index (χ0v) is 12.2. The first-order valence-electron chi connectivity index (χ1n) is 6.55. The SMILES string of the molecule is COc1nc2ccccc2nc1OC1CCCNC1.Cl. The Morgan fingerprint density at radius 2 is 1.85 bits per heavy atom. The molecule has 0 spiro atoms. The van der Waals surface area contributed by atoms with Gasteiger partial charge < -0.3 is 14.8 Å². The molecule has 0 saturated carbocycles. The lowest BCUT2D eigenvalue weighted by Crippen LogP contribution is -2.37. The number of nitrogens with zero attached hydrogens (tertiary/aromatic N) is 2. The van der Waals surface area contributed by atoms with Gasteiger partial charge in [0, 0.05) is 6.54 Å². The van der Waals surface area contributed by atoms with Crippen molar-refractivity contribution < 1.29 is 9.47 Å². The normalized spacial score (nSPS) is 18.4. The van der Waals surface area contributed by atoms with Gasteiger partial charge in [0.2, 0.25) is 0 Å². The lowest BCUT2D eigenvalue weighted by molar-refractivity contribution is 0.153. The van der Waals surface area contributed by atoms with Crippen LogP contribution in [0.15, 0.2) is 24.3 Å². The van der Waals surface area contributed by atoms with Gasteiger partial charge in [0.1, 0.15) is 6.10 Å². The van der Waals surface area contributed by atoms with Crippen molar-refractivity contribution >= 4 is 23.4 Å². The molecule has 1 saturated heterocycles. The summed E-state index contributed by atoms with van der Waals surface area (Å²) in [5.74, 6) is 0.930. The van der Waals surface area contributed by atoms with Crippen LogP contribution in [0, 0.1) is 0 Å². The maximum Gasteiger partial charge on any atom is 0.279 e. The predicted octanol–water partition coefficient (Wildman–Crippen LogP) is 2.19. The molecular formula is C14H18ClN3O2. The van der Waals surface area contributed by atoms with E-state index >= 15 is 0 Å². The van der Waals surface area contributed by atoms with E-state index in [4.69, 9.17) is 9.47 Å². The number of benzene rings is 1. The van der Waals surface area contributed by atoms with E-state index < -0.39 is 0 Å². The summed E-state index contributed by atoms with van der Waals surface area (Å²) in [6, 6.07) is 7.71. The second-order valence-electron chi connectivity index (χ2n) is 4.61. The Kier molecular flexibility index (Phi) is 4.98. The monoisotopic (exact) mass is 295 g/mol. The number of para-hydroxylation sites is 2. The van der Waals surface area contributed by atoms with E-state index in [0.717, 1.165) is 37.0 Å². The quantitative estimate of drug-likeness (QED) is 0.941. The molecule has 20 heavy (non-hydrogen) atoms. The lowest BCUT2D eigenvalue weighted by Gasteiger charge is -2.23. The molecule has 1 aliphatic rings. The maximum atomic E-state index is 5.92. The van der Waals surface area contributed by atoms with Crippen LogP contribution in [0.1, 0.15) is 12.8 Å². The van der Waals surface area contributed by atoms with E-state index in [1.165, 1.54) is 0 Å². The number of ether oxygens (including phenoxy) is 2. The molecule has 0 amide bonds. The Hall–Kier alpha value is -1.59. The highest BCUT2D eigenvalue weighted by atomic mass is 35.5. The number of aromatic nitrogens is 2. The van der Waals surface area contributed by atoms with Gasteiger partial charge in [0.05, 0.1) is 18.1 Å². The minimum atomic E-state index is 0. The first-order chi connectivity index (χ1) is 9.36. The lowest BCUT2D eigenvalue weighted by atomic mass is 10.1. The summed E-state index contributed by atoms with van der Waals surface area (Å²) >= 11 is 0. The Bertz CT molecular complexity index is 573. The predicted molar refractivity (Wildman–Crippen MR) is 79.9 cm³/mol. The number of fused-ring (bicyclic) bond motifs is 1. The van der Waals surface area contributed by atoms with Gasteiger partial charge in [0.25, 0.3) is 11.8 Å².